The lowest BCUT2D eigenvalue weighted by atomic mass is 9.79. The molecule has 0 amide bonds. The molecule has 1 aromatic carbocycles. The summed E-state index contributed by atoms with van der Waals surface area (Å²) >= 11 is 0. The van der Waals surface area contributed by atoms with Crippen molar-refractivity contribution in [1.29, 1.82) is 0 Å². The van der Waals surface area contributed by atoms with Crippen LogP contribution in [0.5, 0.6) is 0 Å². The Kier molecular flexibility index (Phi) is 3.11. The van der Waals surface area contributed by atoms with Crippen LogP contribution in [0, 0.1) is 11.8 Å². The van der Waals surface area contributed by atoms with Crippen molar-refractivity contribution in [3.05, 3.63) is 35.9 Å². The highest BCUT2D eigenvalue weighted by atomic mass is 16.6. The van der Waals surface area contributed by atoms with Crippen LogP contribution >= 0.6 is 0 Å². The van der Waals surface area contributed by atoms with E-state index in [9.17, 15) is 0 Å². The summed E-state index contributed by atoms with van der Waals surface area (Å²) in [5, 5.41) is 0. The van der Waals surface area contributed by atoms with E-state index in [0.29, 0.717) is 12.7 Å². The Morgan fingerprint density at radius 1 is 1.33 bits per heavy atom. The summed E-state index contributed by atoms with van der Waals surface area (Å²) in [6.45, 7) is 2.33. The molecule has 2 nitrogen and oxygen atoms in total. The Morgan fingerprint density at radius 3 is 2.78 bits per heavy atom. The van der Waals surface area contributed by atoms with E-state index in [1.807, 2.05) is 13.0 Å². The molecule has 18 heavy (non-hydrogen) atoms. The Bertz CT molecular complexity index is 471. The summed E-state index contributed by atoms with van der Waals surface area (Å²) in [4.78, 5) is 0. The van der Waals surface area contributed by atoms with Gasteiger partial charge in [0.05, 0.1) is 12.2 Å². The van der Waals surface area contributed by atoms with Crippen molar-refractivity contribution in [3.8, 4) is 11.8 Å². The Hall–Kier alpha value is -1.30. The lowest BCUT2D eigenvalue weighted by Crippen LogP contribution is -2.40. The minimum atomic E-state index is -0.270. The first-order valence-corrected chi connectivity index (χ1v) is 6.60. The summed E-state index contributed by atoms with van der Waals surface area (Å²) in [7, 11) is 0. The second-order valence-electron chi connectivity index (χ2n) is 5.00. The van der Waals surface area contributed by atoms with Crippen LogP contribution in [-0.2, 0) is 15.1 Å². The Balaban J connectivity index is 1.91. The second-order valence-corrected chi connectivity index (χ2v) is 5.00. The lowest BCUT2D eigenvalue weighted by molar-refractivity contribution is -0.0808. The average molecular weight is 242 g/mol. The van der Waals surface area contributed by atoms with Gasteiger partial charge in [0.2, 0.25) is 0 Å². The van der Waals surface area contributed by atoms with E-state index < -0.39 is 0 Å². The molecule has 1 aromatic rings. The molecule has 2 aliphatic rings. The molecule has 2 fully saturated rings. The quantitative estimate of drug-likeness (QED) is 0.759. The van der Waals surface area contributed by atoms with Crippen molar-refractivity contribution < 1.29 is 9.47 Å². The van der Waals surface area contributed by atoms with Gasteiger partial charge in [-0.05, 0) is 25.3 Å². The van der Waals surface area contributed by atoms with Crippen molar-refractivity contribution in [3.63, 3.8) is 0 Å². The highest BCUT2D eigenvalue weighted by Crippen LogP contribution is 2.50. The summed E-state index contributed by atoms with van der Waals surface area (Å²) < 4.78 is 12.2. The fourth-order valence-corrected chi connectivity index (χ4v) is 3.16. The number of hydrogen-bond acceptors (Lipinski definition) is 2. The van der Waals surface area contributed by atoms with Crippen LogP contribution in [-0.4, -0.2) is 18.8 Å². The second kappa shape index (κ2) is 4.76. The van der Waals surface area contributed by atoms with E-state index in [2.05, 4.69) is 36.1 Å². The molecule has 0 radical (unpaired) electrons. The average Bonchev–Trinajstić information content (AvgIpc) is 3.01. The predicted molar refractivity (Wildman–Crippen MR) is 70.0 cm³/mol. The highest BCUT2D eigenvalue weighted by molar-refractivity contribution is 5.27. The summed E-state index contributed by atoms with van der Waals surface area (Å²) in [6, 6.07) is 10.5. The fourth-order valence-electron chi connectivity index (χ4n) is 3.16. The standard InChI is InChI=1S/C16H18O2/c1-2-3-11-17-16(13-7-5-4-6-8-13)12-14-9-10-15(16)18-14/h4-8,14-15H,9-12H2,1H3/t14-,15+,16-/m1/s1. The number of hydrogen-bond donors (Lipinski definition) is 0. The number of rotatable bonds is 3. The third-order valence-corrected chi connectivity index (χ3v) is 4.00. The van der Waals surface area contributed by atoms with Crippen LogP contribution in [0.15, 0.2) is 30.3 Å². The van der Waals surface area contributed by atoms with Gasteiger partial charge in [0.15, 0.2) is 0 Å². The summed E-state index contributed by atoms with van der Waals surface area (Å²) in [5.74, 6) is 5.89. The molecular formula is C16H18O2. The van der Waals surface area contributed by atoms with E-state index in [4.69, 9.17) is 9.47 Å². The highest BCUT2D eigenvalue weighted by Gasteiger charge is 2.54. The van der Waals surface area contributed by atoms with Gasteiger partial charge >= 0.3 is 0 Å². The molecule has 0 N–H and O–H groups in total. The monoisotopic (exact) mass is 242 g/mol. The molecule has 3 atom stereocenters. The molecule has 0 unspecified atom stereocenters. The molecule has 0 aromatic heterocycles. The van der Waals surface area contributed by atoms with E-state index in [1.165, 1.54) is 12.0 Å². The molecule has 0 spiro atoms. The maximum Gasteiger partial charge on any atom is 0.123 e. The Morgan fingerprint density at radius 2 is 2.17 bits per heavy atom. The zero-order chi connectivity index (χ0) is 12.4. The van der Waals surface area contributed by atoms with Crippen molar-refractivity contribution in [2.75, 3.05) is 6.61 Å². The lowest BCUT2D eigenvalue weighted by Gasteiger charge is -2.35. The van der Waals surface area contributed by atoms with E-state index in [-0.39, 0.29) is 11.7 Å². The molecular weight excluding hydrogens is 224 g/mol. The first-order chi connectivity index (χ1) is 8.85. The maximum atomic E-state index is 6.15. The van der Waals surface area contributed by atoms with Gasteiger partial charge in [-0.2, -0.15) is 0 Å². The van der Waals surface area contributed by atoms with E-state index in [1.54, 1.807) is 0 Å². The van der Waals surface area contributed by atoms with Crippen molar-refractivity contribution >= 4 is 0 Å². The van der Waals surface area contributed by atoms with E-state index in [0.717, 1.165) is 12.8 Å². The van der Waals surface area contributed by atoms with Crippen LogP contribution in [0.3, 0.4) is 0 Å². The fraction of sp³-hybridized carbons (Fsp3) is 0.500. The summed E-state index contributed by atoms with van der Waals surface area (Å²) in [6.07, 6.45) is 3.79. The molecule has 2 saturated heterocycles. The predicted octanol–water partition coefficient (Wildman–Crippen LogP) is 2.87. The molecule has 2 bridgehead atoms. The van der Waals surface area contributed by atoms with Gasteiger partial charge < -0.3 is 9.47 Å². The van der Waals surface area contributed by atoms with Gasteiger partial charge in [-0.15, -0.1) is 5.92 Å². The van der Waals surface area contributed by atoms with Gasteiger partial charge in [-0.3, -0.25) is 0 Å². The molecule has 0 saturated carbocycles. The first kappa shape index (κ1) is 11.8. The van der Waals surface area contributed by atoms with Crippen molar-refractivity contribution in [1.82, 2.24) is 0 Å². The zero-order valence-corrected chi connectivity index (χ0v) is 10.7. The van der Waals surface area contributed by atoms with Crippen molar-refractivity contribution in [2.45, 2.75) is 44.0 Å². The van der Waals surface area contributed by atoms with Gasteiger partial charge in [0.25, 0.3) is 0 Å². The maximum absolute atomic E-state index is 6.15. The SMILES string of the molecule is CC#CCO[C@@]1(c2ccccc2)C[C@H]2CC[C@@H]1O2. The largest absolute Gasteiger partial charge is 0.371 e. The molecule has 2 heteroatoms. The molecule has 0 aliphatic carbocycles. The molecule has 2 aliphatic heterocycles. The van der Waals surface area contributed by atoms with E-state index >= 15 is 0 Å². The summed E-state index contributed by atoms with van der Waals surface area (Å²) in [5.41, 5.74) is 0.962. The van der Waals surface area contributed by atoms with Gasteiger partial charge in [0.1, 0.15) is 12.2 Å². The minimum Gasteiger partial charge on any atom is -0.371 e. The van der Waals surface area contributed by atoms with Gasteiger partial charge in [-0.1, -0.05) is 36.3 Å². The third kappa shape index (κ3) is 1.84. The van der Waals surface area contributed by atoms with Crippen LogP contribution in [0.2, 0.25) is 0 Å². The first-order valence-electron chi connectivity index (χ1n) is 6.60. The van der Waals surface area contributed by atoms with Gasteiger partial charge in [0, 0.05) is 6.42 Å². The molecule has 2 heterocycles. The van der Waals surface area contributed by atoms with Crippen LogP contribution < -0.4 is 0 Å². The van der Waals surface area contributed by atoms with Gasteiger partial charge in [-0.25, -0.2) is 0 Å². The van der Waals surface area contributed by atoms with Crippen LogP contribution in [0.4, 0.5) is 0 Å². The minimum absolute atomic E-state index is 0.198. The smallest absolute Gasteiger partial charge is 0.123 e. The Labute approximate surface area is 108 Å². The number of ether oxygens (including phenoxy) is 2. The zero-order valence-electron chi connectivity index (χ0n) is 10.7. The third-order valence-electron chi connectivity index (χ3n) is 4.00. The number of fused-ring (bicyclic) bond motifs is 2. The molecule has 94 valence electrons. The normalized spacial score (nSPS) is 33.2. The molecule has 3 rings (SSSR count). The van der Waals surface area contributed by atoms with Crippen LogP contribution in [0.25, 0.3) is 0 Å². The van der Waals surface area contributed by atoms with Crippen LogP contribution in [0.1, 0.15) is 31.7 Å². The van der Waals surface area contributed by atoms with Crippen molar-refractivity contribution in [2.24, 2.45) is 0 Å². The number of benzene rings is 1. The topological polar surface area (TPSA) is 18.5 Å².